The molecule has 4 heteroatoms. The molecule has 0 heterocycles. The molecule has 0 unspecified atom stereocenters. The summed E-state index contributed by atoms with van der Waals surface area (Å²) in [5.74, 6) is 0. The minimum absolute atomic E-state index is 0.228. The minimum atomic E-state index is 0.228. The van der Waals surface area contributed by atoms with E-state index in [1.54, 1.807) is 6.07 Å². The van der Waals surface area contributed by atoms with E-state index in [1.807, 2.05) is 19.2 Å². The van der Waals surface area contributed by atoms with Gasteiger partial charge in [-0.2, -0.15) is 0 Å². The van der Waals surface area contributed by atoms with Gasteiger partial charge in [-0.25, -0.2) is 0 Å². The Morgan fingerprint density at radius 1 is 1.27 bits per heavy atom. The number of rotatable bonds is 5. The lowest BCUT2D eigenvalue weighted by atomic mass is 10.2. The first-order valence-electron chi connectivity index (χ1n) is 4.87. The lowest BCUT2D eigenvalue weighted by molar-refractivity contribution is 0.244. The normalized spacial score (nSPS) is 11.0. The molecule has 0 aliphatic heterocycles. The molecule has 0 saturated heterocycles. The second kappa shape index (κ2) is 6.33. The van der Waals surface area contributed by atoms with Crippen LogP contribution in [0.3, 0.4) is 0 Å². The van der Waals surface area contributed by atoms with Gasteiger partial charge in [0.1, 0.15) is 0 Å². The number of aliphatic hydroxyl groups excluding tert-OH is 1. The van der Waals surface area contributed by atoms with E-state index in [1.165, 1.54) is 0 Å². The van der Waals surface area contributed by atoms with Gasteiger partial charge in [0.25, 0.3) is 0 Å². The van der Waals surface area contributed by atoms with Crippen molar-refractivity contribution in [2.24, 2.45) is 0 Å². The van der Waals surface area contributed by atoms with E-state index in [2.05, 4.69) is 4.90 Å². The predicted molar refractivity (Wildman–Crippen MR) is 64.5 cm³/mol. The van der Waals surface area contributed by atoms with Crippen molar-refractivity contribution in [3.05, 3.63) is 33.8 Å². The summed E-state index contributed by atoms with van der Waals surface area (Å²) in [6, 6.07) is 5.64. The summed E-state index contributed by atoms with van der Waals surface area (Å²) < 4.78 is 0. The summed E-state index contributed by atoms with van der Waals surface area (Å²) in [5.41, 5.74) is 1.13. The lowest BCUT2D eigenvalue weighted by Gasteiger charge is -2.16. The van der Waals surface area contributed by atoms with E-state index in [-0.39, 0.29) is 6.61 Å². The lowest BCUT2D eigenvalue weighted by Crippen LogP contribution is -2.19. The first kappa shape index (κ1) is 12.8. The van der Waals surface area contributed by atoms with Gasteiger partial charge >= 0.3 is 0 Å². The van der Waals surface area contributed by atoms with E-state index >= 15 is 0 Å². The Bertz CT molecular complexity index is 317. The summed E-state index contributed by atoms with van der Waals surface area (Å²) in [5, 5.41) is 9.87. The third-order valence-electron chi connectivity index (χ3n) is 2.13. The van der Waals surface area contributed by atoms with Crippen molar-refractivity contribution in [2.45, 2.75) is 13.0 Å². The standard InChI is InChI=1S/C11H15Cl2NO/c1-14(5-2-6-15)8-9-3-4-10(12)11(13)7-9/h3-4,7,15H,2,5-6,8H2,1H3. The number of halogens is 2. The molecule has 2 nitrogen and oxygen atoms in total. The zero-order chi connectivity index (χ0) is 11.3. The van der Waals surface area contributed by atoms with Gasteiger partial charge in [0.2, 0.25) is 0 Å². The van der Waals surface area contributed by atoms with Crippen LogP contribution in [0.15, 0.2) is 18.2 Å². The van der Waals surface area contributed by atoms with Gasteiger partial charge in [-0.1, -0.05) is 29.3 Å². The van der Waals surface area contributed by atoms with Gasteiger partial charge in [-0.15, -0.1) is 0 Å². The smallest absolute Gasteiger partial charge is 0.0595 e. The van der Waals surface area contributed by atoms with Crippen molar-refractivity contribution in [1.29, 1.82) is 0 Å². The molecule has 0 aliphatic carbocycles. The molecule has 0 spiro atoms. The molecule has 1 N–H and O–H groups in total. The van der Waals surface area contributed by atoms with Gasteiger partial charge in [-0.3, -0.25) is 0 Å². The molecule has 84 valence electrons. The molecule has 15 heavy (non-hydrogen) atoms. The quantitative estimate of drug-likeness (QED) is 0.866. The van der Waals surface area contributed by atoms with Crippen LogP contribution in [0.1, 0.15) is 12.0 Å². The van der Waals surface area contributed by atoms with Crippen LogP contribution < -0.4 is 0 Å². The Morgan fingerprint density at radius 2 is 2.00 bits per heavy atom. The maximum Gasteiger partial charge on any atom is 0.0595 e. The third-order valence-corrected chi connectivity index (χ3v) is 2.87. The van der Waals surface area contributed by atoms with E-state index < -0.39 is 0 Å². The number of benzene rings is 1. The van der Waals surface area contributed by atoms with Crippen molar-refractivity contribution in [3.8, 4) is 0 Å². The molecule has 0 aromatic heterocycles. The predicted octanol–water partition coefficient (Wildman–Crippen LogP) is 2.81. The van der Waals surface area contributed by atoms with Crippen molar-refractivity contribution in [1.82, 2.24) is 4.90 Å². The van der Waals surface area contributed by atoms with Crippen molar-refractivity contribution < 1.29 is 5.11 Å². The number of hydrogen-bond donors (Lipinski definition) is 1. The maximum absolute atomic E-state index is 8.70. The second-order valence-electron chi connectivity index (χ2n) is 3.56. The minimum Gasteiger partial charge on any atom is -0.396 e. The van der Waals surface area contributed by atoms with E-state index in [9.17, 15) is 0 Å². The largest absolute Gasteiger partial charge is 0.396 e. The molecular weight excluding hydrogens is 233 g/mol. The molecule has 0 atom stereocenters. The van der Waals surface area contributed by atoms with Gasteiger partial charge < -0.3 is 10.0 Å². The highest BCUT2D eigenvalue weighted by Gasteiger charge is 2.02. The number of aliphatic hydroxyl groups is 1. The first-order chi connectivity index (χ1) is 7.13. The van der Waals surface area contributed by atoms with Crippen molar-refractivity contribution in [2.75, 3.05) is 20.2 Å². The van der Waals surface area contributed by atoms with E-state index in [0.29, 0.717) is 10.0 Å². The molecule has 1 rings (SSSR count). The van der Waals surface area contributed by atoms with Crippen LogP contribution in [-0.4, -0.2) is 30.2 Å². The average Bonchev–Trinajstić information content (AvgIpc) is 2.20. The van der Waals surface area contributed by atoms with Crippen molar-refractivity contribution >= 4 is 23.2 Å². The molecule has 0 aliphatic rings. The van der Waals surface area contributed by atoms with Crippen LogP contribution in [0.4, 0.5) is 0 Å². The monoisotopic (exact) mass is 247 g/mol. The Balaban J connectivity index is 2.53. The van der Waals surface area contributed by atoms with E-state index in [4.69, 9.17) is 28.3 Å². The van der Waals surface area contributed by atoms with E-state index in [0.717, 1.165) is 25.1 Å². The van der Waals surface area contributed by atoms with Crippen molar-refractivity contribution in [3.63, 3.8) is 0 Å². The maximum atomic E-state index is 8.70. The summed E-state index contributed by atoms with van der Waals surface area (Å²) in [7, 11) is 2.01. The fourth-order valence-electron chi connectivity index (χ4n) is 1.37. The first-order valence-corrected chi connectivity index (χ1v) is 5.62. The molecule has 1 aromatic rings. The zero-order valence-corrected chi connectivity index (χ0v) is 10.2. The fraction of sp³-hybridized carbons (Fsp3) is 0.455. The Labute approximate surface area is 100 Å². The van der Waals surface area contributed by atoms with Crippen LogP contribution in [0, 0.1) is 0 Å². The second-order valence-corrected chi connectivity index (χ2v) is 4.38. The van der Waals surface area contributed by atoms with Crippen LogP contribution in [-0.2, 0) is 6.54 Å². The molecule has 0 amide bonds. The molecule has 0 fully saturated rings. The van der Waals surface area contributed by atoms with Gasteiger partial charge in [-0.05, 0) is 31.2 Å². The number of nitrogens with zero attached hydrogens (tertiary/aromatic N) is 1. The van der Waals surface area contributed by atoms with Gasteiger partial charge in [0.15, 0.2) is 0 Å². The molecule has 0 saturated carbocycles. The summed E-state index contributed by atoms with van der Waals surface area (Å²) in [4.78, 5) is 2.13. The van der Waals surface area contributed by atoms with Crippen LogP contribution in [0.2, 0.25) is 10.0 Å². The topological polar surface area (TPSA) is 23.5 Å². The molecule has 0 bridgehead atoms. The van der Waals surface area contributed by atoms with Crippen LogP contribution in [0.5, 0.6) is 0 Å². The Morgan fingerprint density at radius 3 is 2.60 bits per heavy atom. The Kier molecular flexibility index (Phi) is 5.40. The van der Waals surface area contributed by atoms with Crippen LogP contribution >= 0.6 is 23.2 Å². The highest BCUT2D eigenvalue weighted by molar-refractivity contribution is 6.42. The summed E-state index contributed by atoms with van der Waals surface area (Å²) in [6.07, 6.45) is 0.790. The SMILES string of the molecule is CN(CCCO)Cc1ccc(Cl)c(Cl)c1. The summed E-state index contributed by atoms with van der Waals surface area (Å²) >= 11 is 11.7. The van der Waals surface area contributed by atoms with Gasteiger partial charge in [0, 0.05) is 19.7 Å². The Hall–Kier alpha value is -0.280. The average molecular weight is 248 g/mol. The van der Waals surface area contributed by atoms with Gasteiger partial charge in [0.05, 0.1) is 10.0 Å². The fourth-order valence-corrected chi connectivity index (χ4v) is 1.69. The van der Waals surface area contributed by atoms with Crippen LogP contribution in [0.25, 0.3) is 0 Å². The molecule has 0 radical (unpaired) electrons. The molecular formula is C11H15Cl2NO. The molecule has 1 aromatic carbocycles. The third kappa shape index (κ3) is 4.39. The summed E-state index contributed by atoms with van der Waals surface area (Å²) in [6.45, 7) is 1.92. The number of hydrogen-bond acceptors (Lipinski definition) is 2. The zero-order valence-electron chi connectivity index (χ0n) is 8.71. The highest BCUT2D eigenvalue weighted by atomic mass is 35.5. The highest BCUT2D eigenvalue weighted by Crippen LogP contribution is 2.23.